The Morgan fingerprint density at radius 3 is 2.41 bits per heavy atom. The van der Waals surface area contributed by atoms with Crippen LogP contribution in [0.3, 0.4) is 0 Å². The van der Waals surface area contributed by atoms with Gasteiger partial charge in [-0.3, -0.25) is 4.79 Å². The normalized spacial score (nSPS) is 10.9. The Bertz CT molecular complexity index is 875. The molecule has 22 heavy (non-hydrogen) atoms. The molecular formula is C19H19NO2. The van der Waals surface area contributed by atoms with E-state index in [2.05, 4.69) is 19.9 Å². The van der Waals surface area contributed by atoms with Gasteiger partial charge < -0.3 is 9.14 Å². The van der Waals surface area contributed by atoms with Crippen LogP contribution in [0, 0.1) is 20.8 Å². The number of hydrogen-bond donors (Lipinski definition) is 0. The molecule has 0 saturated carbocycles. The van der Waals surface area contributed by atoms with Crippen LogP contribution in [-0.4, -0.2) is 17.8 Å². The van der Waals surface area contributed by atoms with Crippen LogP contribution >= 0.6 is 0 Å². The van der Waals surface area contributed by atoms with E-state index in [1.807, 2.05) is 41.8 Å². The van der Waals surface area contributed by atoms with Crippen LogP contribution in [-0.2, 0) is 0 Å². The van der Waals surface area contributed by atoms with Crippen molar-refractivity contribution in [3.63, 3.8) is 0 Å². The lowest BCUT2D eigenvalue weighted by molar-refractivity contribution is 0.111. The Balaban J connectivity index is 2.35. The number of pyridine rings is 1. The molecule has 0 spiro atoms. The van der Waals surface area contributed by atoms with Crippen molar-refractivity contribution in [2.45, 2.75) is 20.8 Å². The van der Waals surface area contributed by atoms with E-state index < -0.39 is 0 Å². The van der Waals surface area contributed by atoms with E-state index in [1.54, 1.807) is 7.11 Å². The second-order valence-corrected chi connectivity index (χ2v) is 5.70. The highest BCUT2D eigenvalue weighted by Gasteiger charge is 2.16. The number of aryl methyl sites for hydroxylation is 3. The smallest absolute Gasteiger partial charge is 0.167 e. The summed E-state index contributed by atoms with van der Waals surface area (Å²) in [4.78, 5) is 11.7. The number of aromatic nitrogens is 1. The molecule has 2 heterocycles. The van der Waals surface area contributed by atoms with Crippen LogP contribution in [0.25, 0.3) is 16.6 Å². The summed E-state index contributed by atoms with van der Waals surface area (Å²) in [6.45, 7) is 6.14. The molecule has 3 rings (SSSR count). The third-order valence-electron chi connectivity index (χ3n) is 4.17. The van der Waals surface area contributed by atoms with Crippen LogP contribution in [0.2, 0.25) is 0 Å². The lowest BCUT2D eigenvalue weighted by Gasteiger charge is -2.11. The Labute approximate surface area is 130 Å². The van der Waals surface area contributed by atoms with Crippen LogP contribution in [0.5, 0.6) is 5.75 Å². The average Bonchev–Trinajstić information content (AvgIpc) is 2.86. The van der Waals surface area contributed by atoms with E-state index in [0.29, 0.717) is 5.69 Å². The fourth-order valence-electron chi connectivity index (χ4n) is 2.80. The zero-order chi connectivity index (χ0) is 15.9. The number of carbonyl (C=O) groups excluding carboxylic acids is 1. The number of aldehydes is 1. The Kier molecular flexibility index (Phi) is 3.49. The summed E-state index contributed by atoms with van der Waals surface area (Å²) >= 11 is 0. The third kappa shape index (κ3) is 2.19. The molecule has 0 amide bonds. The second kappa shape index (κ2) is 5.34. The minimum absolute atomic E-state index is 0.653. The molecule has 0 aliphatic heterocycles. The van der Waals surface area contributed by atoms with Crippen LogP contribution < -0.4 is 4.74 Å². The predicted octanol–water partition coefficient (Wildman–Crippen LogP) is 4.35. The number of ether oxygens (including phenoxy) is 1. The molecule has 0 bridgehead atoms. The maximum atomic E-state index is 11.7. The molecule has 3 heteroatoms. The van der Waals surface area contributed by atoms with Gasteiger partial charge in [0.05, 0.1) is 12.8 Å². The van der Waals surface area contributed by atoms with Crippen molar-refractivity contribution in [2.24, 2.45) is 0 Å². The molecule has 0 fully saturated rings. The summed E-state index contributed by atoms with van der Waals surface area (Å²) in [5, 5.41) is 0. The first-order valence-electron chi connectivity index (χ1n) is 7.27. The molecule has 1 aromatic carbocycles. The summed E-state index contributed by atoms with van der Waals surface area (Å²) in [5.74, 6) is 0.791. The van der Waals surface area contributed by atoms with Crippen molar-refractivity contribution in [3.8, 4) is 16.9 Å². The molecule has 3 nitrogen and oxygen atoms in total. The molecular weight excluding hydrogens is 274 g/mol. The van der Waals surface area contributed by atoms with Gasteiger partial charge in [-0.1, -0.05) is 6.07 Å². The zero-order valence-corrected chi connectivity index (χ0v) is 13.3. The van der Waals surface area contributed by atoms with Crippen molar-refractivity contribution < 1.29 is 9.53 Å². The van der Waals surface area contributed by atoms with Gasteiger partial charge >= 0.3 is 0 Å². The van der Waals surface area contributed by atoms with E-state index in [9.17, 15) is 4.79 Å². The molecule has 2 aromatic heterocycles. The number of rotatable bonds is 3. The monoisotopic (exact) mass is 293 g/mol. The van der Waals surface area contributed by atoms with E-state index in [4.69, 9.17) is 4.74 Å². The highest BCUT2D eigenvalue weighted by molar-refractivity contribution is 5.91. The highest BCUT2D eigenvalue weighted by atomic mass is 16.5. The molecule has 112 valence electrons. The molecule has 0 saturated heterocycles. The topological polar surface area (TPSA) is 30.7 Å². The van der Waals surface area contributed by atoms with E-state index in [1.165, 1.54) is 11.1 Å². The Hall–Kier alpha value is -2.55. The first kappa shape index (κ1) is 14.4. The van der Waals surface area contributed by atoms with Crippen LogP contribution in [0.1, 0.15) is 27.2 Å². The SMILES string of the molecule is COc1cc(C)c(C)cc1-c1cc2ccc(C)cn2c1C=O. The van der Waals surface area contributed by atoms with Crippen molar-refractivity contribution in [1.82, 2.24) is 4.40 Å². The first-order valence-corrected chi connectivity index (χ1v) is 7.27. The quantitative estimate of drug-likeness (QED) is 0.672. The van der Waals surface area contributed by atoms with E-state index in [0.717, 1.165) is 34.2 Å². The molecule has 0 N–H and O–H groups in total. The maximum Gasteiger partial charge on any atom is 0.167 e. The number of benzene rings is 1. The summed E-state index contributed by atoms with van der Waals surface area (Å²) < 4.78 is 7.47. The third-order valence-corrected chi connectivity index (χ3v) is 4.17. The molecule has 0 unspecified atom stereocenters. The van der Waals surface area contributed by atoms with Crippen molar-refractivity contribution in [3.05, 3.63) is 58.9 Å². The van der Waals surface area contributed by atoms with Crippen LogP contribution in [0.4, 0.5) is 0 Å². The standard InChI is InChI=1S/C19H19NO2/c1-12-5-6-15-9-16(18(11-21)20(15)10-12)17-7-13(2)14(3)8-19(17)22-4/h5-11H,1-4H3. The number of nitrogens with zero attached hydrogens (tertiary/aromatic N) is 1. The lowest BCUT2D eigenvalue weighted by atomic mass is 9.99. The van der Waals surface area contributed by atoms with Gasteiger partial charge in [-0.05, 0) is 61.7 Å². The molecule has 0 radical (unpaired) electrons. The van der Waals surface area contributed by atoms with Gasteiger partial charge in [0.1, 0.15) is 5.75 Å². The zero-order valence-electron chi connectivity index (χ0n) is 13.3. The van der Waals surface area contributed by atoms with Crippen molar-refractivity contribution in [1.29, 1.82) is 0 Å². The largest absolute Gasteiger partial charge is 0.496 e. The summed E-state index contributed by atoms with van der Waals surface area (Å²) in [6.07, 6.45) is 2.90. The molecule has 3 aromatic rings. The summed E-state index contributed by atoms with van der Waals surface area (Å²) in [6, 6.07) is 10.2. The Morgan fingerprint density at radius 1 is 1.00 bits per heavy atom. The maximum absolute atomic E-state index is 11.7. The molecule has 0 atom stereocenters. The number of fused-ring (bicyclic) bond motifs is 1. The van der Waals surface area contributed by atoms with E-state index >= 15 is 0 Å². The van der Waals surface area contributed by atoms with Gasteiger partial charge in [-0.25, -0.2) is 0 Å². The number of carbonyl (C=O) groups is 1. The second-order valence-electron chi connectivity index (χ2n) is 5.70. The van der Waals surface area contributed by atoms with E-state index in [-0.39, 0.29) is 0 Å². The van der Waals surface area contributed by atoms with Gasteiger partial charge in [0.2, 0.25) is 0 Å². The summed E-state index contributed by atoms with van der Waals surface area (Å²) in [5.41, 5.74) is 6.98. The Morgan fingerprint density at radius 2 is 1.73 bits per heavy atom. The average molecular weight is 293 g/mol. The van der Waals surface area contributed by atoms with Gasteiger partial charge in [-0.15, -0.1) is 0 Å². The van der Waals surface area contributed by atoms with Crippen molar-refractivity contribution in [2.75, 3.05) is 7.11 Å². The van der Waals surface area contributed by atoms with Crippen LogP contribution in [0.15, 0.2) is 36.5 Å². The highest BCUT2D eigenvalue weighted by Crippen LogP contribution is 2.36. The van der Waals surface area contributed by atoms with Gasteiger partial charge in [-0.2, -0.15) is 0 Å². The van der Waals surface area contributed by atoms with Gasteiger partial charge in [0.15, 0.2) is 6.29 Å². The number of methoxy groups -OCH3 is 1. The lowest BCUT2D eigenvalue weighted by Crippen LogP contribution is -1.96. The first-order chi connectivity index (χ1) is 10.5. The minimum atomic E-state index is 0.653. The predicted molar refractivity (Wildman–Crippen MR) is 89.0 cm³/mol. The summed E-state index contributed by atoms with van der Waals surface area (Å²) in [7, 11) is 1.66. The fourth-order valence-corrected chi connectivity index (χ4v) is 2.80. The number of hydrogen-bond acceptors (Lipinski definition) is 2. The molecule has 0 aliphatic carbocycles. The van der Waals surface area contributed by atoms with Crippen molar-refractivity contribution >= 4 is 11.8 Å². The van der Waals surface area contributed by atoms with Gasteiger partial charge in [0.25, 0.3) is 0 Å². The minimum Gasteiger partial charge on any atom is -0.496 e. The van der Waals surface area contributed by atoms with Gasteiger partial charge in [0, 0.05) is 22.8 Å². The molecule has 0 aliphatic rings. The fraction of sp³-hybridized carbons (Fsp3) is 0.211.